The zero-order valence-electron chi connectivity index (χ0n) is 6.27. The standard InChI is InChI=1S/C8H4ClF3N/c9-7-3-6(4-13-5-7)1-2-8(10,11)12/h1-4H/b2-1+. The van der Waals surface area contributed by atoms with Gasteiger partial charge in [0.15, 0.2) is 0 Å². The van der Waals surface area contributed by atoms with Gasteiger partial charge in [0.25, 0.3) is 0 Å². The molecule has 1 radical (unpaired) electrons. The average molecular weight is 207 g/mol. The summed E-state index contributed by atoms with van der Waals surface area (Å²) in [4.78, 5) is 3.51. The molecule has 0 spiro atoms. The van der Waals surface area contributed by atoms with E-state index in [9.17, 15) is 13.2 Å². The lowest BCUT2D eigenvalue weighted by Gasteiger charge is -1.97. The molecule has 1 heterocycles. The van der Waals surface area contributed by atoms with E-state index in [-0.39, 0.29) is 11.1 Å². The van der Waals surface area contributed by atoms with Crippen LogP contribution in [0.3, 0.4) is 0 Å². The number of hydrogen-bond acceptors (Lipinski definition) is 1. The maximum absolute atomic E-state index is 11.7. The highest BCUT2D eigenvalue weighted by Crippen LogP contribution is 2.18. The van der Waals surface area contributed by atoms with Gasteiger partial charge in [-0.3, -0.25) is 4.98 Å². The third kappa shape index (κ3) is 3.94. The van der Waals surface area contributed by atoms with E-state index in [0.29, 0.717) is 5.56 Å². The molecule has 1 aromatic rings. The molecule has 0 unspecified atom stereocenters. The smallest absolute Gasteiger partial charge is 0.252 e. The van der Waals surface area contributed by atoms with Crippen molar-refractivity contribution in [3.05, 3.63) is 35.1 Å². The molecule has 1 nitrogen and oxygen atoms in total. The molecule has 0 bridgehead atoms. The lowest BCUT2D eigenvalue weighted by atomic mass is 10.2. The van der Waals surface area contributed by atoms with Gasteiger partial charge in [-0.15, -0.1) is 0 Å². The summed E-state index contributed by atoms with van der Waals surface area (Å²) in [6.07, 6.45) is 0.321. The molecule has 0 fully saturated rings. The molecule has 0 atom stereocenters. The second-order valence-electron chi connectivity index (χ2n) is 2.24. The Morgan fingerprint density at radius 1 is 1.46 bits per heavy atom. The Balaban J connectivity index is 2.80. The number of rotatable bonds is 1. The first kappa shape index (κ1) is 10.1. The monoisotopic (exact) mass is 206 g/mol. The maximum Gasteiger partial charge on any atom is 0.409 e. The minimum absolute atomic E-state index is 0.125. The molecular weight excluding hydrogens is 203 g/mol. The molecule has 0 saturated carbocycles. The first-order valence-electron chi connectivity index (χ1n) is 3.26. The minimum atomic E-state index is -4.31. The van der Waals surface area contributed by atoms with Crippen molar-refractivity contribution in [2.75, 3.05) is 0 Å². The number of halogens is 4. The highest BCUT2D eigenvalue weighted by molar-refractivity contribution is 6.30. The van der Waals surface area contributed by atoms with Crippen molar-refractivity contribution in [3.8, 4) is 0 Å². The van der Waals surface area contributed by atoms with E-state index in [1.165, 1.54) is 12.3 Å². The Labute approximate surface area is 77.9 Å². The summed E-state index contributed by atoms with van der Waals surface area (Å²) >= 11 is 5.46. The predicted octanol–water partition coefficient (Wildman–Crippen LogP) is 3.11. The highest BCUT2D eigenvalue weighted by Gasteiger charge is 2.21. The van der Waals surface area contributed by atoms with E-state index < -0.39 is 6.18 Å². The Kier molecular flexibility index (Phi) is 2.93. The molecule has 0 aliphatic heterocycles. The van der Waals surface area contributed by atoms with Gasteiger partial charge in [-0.25, -0.2) is 0 Å². The van der Waals surface area contributed by atoms with Gasteiger partial charge in [0.2, 0.25) is 0 Å². The molecule has 13 heavy (non-hydrogen) atoms. The van der Waals surface area contributed by atoms with E-state index in [1.54, 1.807) is 0 Å². The number of nitrogens with zero attached hydrogens (tertiary/aromatic N) is 1. The van der Waals surface area contributed by atoms with Gasteiger partial charge >= 0.3 is 6.18 Å². The van der Waals surface area contributed by atoms with E-state index in [2.05, 4.69) is 11.2 Å². The summed E-state index contributed by atoms with van der Waals surface area (Å²) < 4.78 is 35.1. The molecule has 1 aromatic heterocycles. The molecule has 5 heteroatoms. The van der Waals surface area contributed by atoms with E-state index in [1.807, 2.05) is 0 Å². The van der Waals surface area contributed by atoms with Crippen molar-refractivity contribution < 1.29 is 13.2 Å². The number of hydrogen-bond donors (Lipinski definition) is 0. The van der Waals surface area contributed by atoms with Crippen LogP contribution in [0.4, 0.5) is 13.2 Å². The number of alkyl halides is 3. The molecule has 0 aliphatic carbocycles. The van der Waals surface area contributed by atoms with Crippen LogP contribution in [0.25, 0.3) is 6.08 Å². The van der Waals surface area contributed by atoms with Crippen LogP contribution in [0.1, 0.15) is 5.56 Å². The highest BCUT2D eigenvalue weighted by atomic mass is 35.5. The zero-order chi connectivity index (χ0) is 9.90. The number of allylic oxidation sites excluding steroid dienone is 1. The largest absolute Gasteiger partial charge is 0.409 e. The Bertz CT molecular complexity index is 319. The lowest BCUT2D eigenvalue weighted by Crippen LogP contribution is -2.00. The van der Waals surface area contributed by atoms with Gasteiger partial charge in [0, 0.05) is 12.3 Å². The van der Waals surface area contributed by atoms with Crippen LogP contribution in [0.2, 0.25) is 5.02 Å². The number of pyridine rings is 1. The first-order valence-corrected chi connectivity index (χ1v) is 3.64. The third-order valence-electron chi connectivity index (χ3n) is 1.14. The van der Waals surface area contributed by atoms with Gasteiger partial charge in [0.1, 0.15) is 6.20 Å². The van der Waals surface area contributed by atoms with Crippen LogP contribution in [0, 0.1) is 6.20 Å². The van der Waals surface area contributed by atoms with Crippen LogP contribution in [0.5, 0.6) is 0 Å². The van der Waals surface area contributed by atoms with Crippen molar-refractivity contribution >= 4 is 17.7 Å². The average Bonchev–Trinajstić information content (AvgIpc) is 2.00. The summed E-state index contributed by atoms with van der Waals surface area (Å²) in [5.41, 5.74) is 0.293. The van der Waals surface area contributed by atoms with Crippen LogP contribution in [-0.4, -0.2) is 11.2 Å². The normalized spacial score (nSPS) is 12.3. The van der Waals surface area contributed by atoms with Crippen LogP contribution in [-0.2, 0) is 0 Å². The topological polar surface area (TPSA) is 12.9 Å². The molecular formula is C8H4ClF3N. The predicted molar refractivity (Wildman–Crippen MR) is 43.2 cm³/mol. The van der Waals surface area contributed by atoms with Crippen LogP contribution in [0.15, 0.2) is 18.3 Å². The summed E-state index contributed by atoms with van der Waals surface area (Å²) in [6, 6.07) is 1.34. The van der Waals surface area contributed by atoms with Crippen molar-refractivity contribution in [2.24, 2.45) is 0 Å². The molecule has 0 aliphatic rings. The van der Waals surface area contributed by atoms with Gasteiger partial charge in [-0.05, 0) is 17.7 Å². The molecule has 0 amide bonds. The second kappa shape index (κ2) is 3.79. The van der Waals surface area contributed by atoms with E-state index in [0.717, 1.165) is 6.08 Å². The van der Waals surface area contributed by atoms with Gasteiger partial charge in [-0.1, -0.05) is 11.6 Å². The van der Waals surface area contributed by atoms with Crippen molar-refractivity contribution in [1.29, 1.82) is 0 Å². The number of aromatic nitrogens is 1. The Morgan fingerprint density at radius 2 is 2.15 bits per heavy atom. The summed E-state index contributed by atoms with van der Waals surface area (Å²) in [5, 5.41) is 0.185. The van der Waals surface area contributed by atoms with Crippen molar-refractivity contribution in [1.82, 2.24) is 4.98 Å². The van der Waals surface area contributed by atoms with E-state index >= 15 is 0 Å². The summed E-state index contributed by atoms with van der Waals surface area (Å²) in [5.74, 6) is 0. The van der Waals surface area contributed by atoms with Crippen LogP contribution >= 0.6 is 11.6 Å². The molecule has 69 valence electrons. The lowest BCUT2D eigenvalue weighted by molar-refractivity contribution is -0.0790. The third-order valence-corrected chi connectivity index (χ3v) is 1.34. The van der Waals surface area contributed by atoms with Gasteiger partial charge in [-0.2, -0.15) is 13.2 Å². The fraction of sp³-hybridized carbons (Fsp3) is 0.125. The molecule has 0 N–H and O–H groups in total. The summed E-state index contributed by atoms with van der Waals surface area (Å²) in [6.45, 7) is 0. The quantitative estimate of drug-likeness (QED) is 0.688. The second-order valence-corrected chi connectivity index (χ2v) is 2.64. The molecule has 0 saturated heterocycles. The Morgan fingerprint density at radius 3 is 2.69 bits per heavy atom. The Hall–Kier alpha value is -1.03. The molecule has 1 rings (SSSR count). The minimum Gasteiger partial charge on any atom is -0.252 e. The SMILES string of the molecule is FC(F)(F)/C=C/c1cn[c]c(Cl)c1. The van der Waals surface area contributed by atoms with Gasteiger partial charge < -0.3 is 0 Å². The van der Waals surface area contributed by atoms with Crippen molar-refractivity contribution in [3.63, 3.8) is 0 Å². The first-order chi connectivity index (χ1) is 5.97. The summed E-state index contributed by atoms with van der Waals surface area (Å²) in [7, 11) is 0. The maximum atomic E-state index is 11.7. The van der Waals surface area contributed by atoms with E-state index in [4.69, 9.17) is 11.6 Å². The fourth-order valence-electron chi connectivity index (χ4n) is 0.666. The fourth-order valence-corrected chi connectivity index (χ4v) is 0.841. The van der Waals surface area contributed by atoms with Crippen molar-refractivity contribution in [2.45, 2.75) is 6.18 Å². The van der Waals surface area contributed by atoms with Gasteiger partial charge in [0.05, 0.1) is 5.02 Å². The molecule has 0 aromatic carbocycles. The zero-order valence-corrected chi connectivity index (χ0v) is 7.02. The van der Waals surface area contributed by atoms with Crippen LogP contribution < -0.4 is 0 Å².